The van der Waals surface area contributed by atoms with Crippen molar-refractivity contribution in [1.82, 2.24) is 4.90 Å². The third-order valence-corrected chi connectivity index (χ3v) is 5.28. The highest BCUT2D eigenvalue weighted by atomic mass is 35.5. The minimum Gasteiger partial charge on any atom is -0.330 e. The normalized spacial score (nSPS) is 16.8. The molecule has 3 rings (SSSR count). The van der Waals surface area contributed by atoms with Crippen molar-refractivity contribution in [3.05, 3.63) is 65.2 Å². The molecule has 0 bridgehead atoms. The molecule has 0 aromatic heterocycles. The largest absolute Gasteiger partial charge is 0.330 e. The van der Waals surface area contributed by atoms with E-state index in [1.54, 1.807) is 35.2 Å². The smallest absolute Gasteiger partial charge is 0.257 e. The van der Waals surface area contributed by atoms with Gasteiger partial charge in [0.1, 0.15) is 6.04 Å². The second kappa shape index (κ2) is 9.00. The van der Waals surface area contributed by atoms with Crippen LogP contribution in [0.5, 0.6) is 0 Å². The molecule has 1 saturated heterocycles. The maximum Gasteiger partial charge on any atom is 0.257 e. The Bertz CT molecular complexity index is 937. The predicted molar refractivity (Wildman–Crippen MR) is 118 cm³/mol. The van der Waals surface area contributed by atoms with Crippen molar-refractivity contribution in [2.45, 2.75) is 46.1 Å². The molecule has 0 spiro atoms. The van der Waals surface area contributed by atoms with Crippen LogP contribution in [0.2, 0.25) is 5.02 Å². The maximum atomic E-state index is 13.2. The zero-order chi connectivity index (χ0) is 21.9. The fourth-order valence-corrected chi connectivity index (χ4v) is 3.87. The molecule has 1 aliphatic heterocycles. The Morgan fingerprint density at radius 2 is 1.80 bits per heavy atom. The van der Waals surface area contributed by atoms with Gasteiger partial charge in [-0.1, -0.05) is 62.7 Å². The summed E-state index contributed by atoms with van der Waals surface area (Å²) in [6.45, 7) is 6.30. The van der Waals surface area contributed by atoms with E-state index in [0.717, 1.165) is 5.56 Å². The van der Waals surface area contributed by atoms with E-state index >= 15 is 0 Å². The Labute approximate surface area is 182 Å². The number of anilines is 1. The summed E-state index contributed by atoms with van der Waals surface area (Å²) in [6.07, 6.45) is 0.852. The molecule has 0 aliphatic carbocycles. The first-order valence-electron chi connectivity index (χ1n) is 10.1. The molecule has 1 aliphatic rings. The fourth-order valence-electron chi connectivity index (χ4n) is 3.66. The molecule has 0 radical (unpaired) electrons. The lowest BCUT2D eigenvalue weighted by Crippen LogP contribution is -2.47. The van der Waals surface area contributed by atoms with E-state index in [-0.39, 0.29) is 29.6 Å². The molecule has 3 amide bonds. The summed E-state index contributed by atoms with van der Waals surface area (Å²) in [7, 11) is 0. The molecule has 1 heterocycles. The van der Waals surface area contributed by atoms with Crippen LogP contribution in [-0.4, -0.2) is 35.2 Å². The highest BCUT2D eigenvalue weighted by Gasteiger charge is 2.44. The Kier molecular flexibility index (Phi) is 6.61. The van der Waals surface area contributed by atoms with E-state index in [0.29, 0.717) is 30.1 Å². The van der Waals surface area contributed by atoms with Crippen molar-refractivity contribution >= 4 is 35.0 Å². The number of benzene rings is 2. The maximum absolute atomic E-state index is 13.2. The molecular formula is C24H27ClN2O3. The molecule has 1 unspecified atom stereocenters. The summed E-state index contributed by atoms with van der Waals surface area (Å²) in [6, 6.07) is 15.5. The van der Waals surface area contributed by atoms with Crippen LogP contribution in [-0.2, 0) is 20.8 Å². The molecule has 0 saturated carbocycles. The number of rotatable bonds is 6. The summed E-state index contributed by atoms with van der Waals surface area (Å²) < 4.78 is 0. The van der Waals surface area contributed by atoms with Crippen molar-refractivity contribution < 1.29 is 14.4 Å². The van der Waals surface area contributed by atoms with Gasteiger partial charge in [0.05, 0.1) is 12.1 Å². The minimum atomic E-state index is -0.785. The van der Waals surface area contributed by atoms with Gasteiger partial charge in [-0.15, -0.1) is 0 Å². The lowest BCUT2D eigenvalue weighted by atomic mass is 9.91. The zero-order valence-electron chi connectivity index (χ0n) is 17.6. The lowest BCUT2D eigenvalue weighted by Gasteiger charge is -2.30. The monoisotopic (exact) mass is 426 g/mol. The first-order chi connectivity index (χ1) is 14.2. The van der Waals surface area contributed by atoms with Crippen molar-refractivity contribution in [1.29, 1.82) is 0 Å². The van der Waals surface area contributed by atoms with E-state index in [4.69, 9.17) is 11.6 Å². The van der Waals surface area contributed by atoms with Crippen molar-refractivity contribution in [3.8, 4) is 0 Å². The first-order valence-corrected chi connectivity index (χ1v) is 10.5. The van der Waals surface area contributed by atoms with Gasteiger partial charge in [-0.25, -0.2) is 4.90 Å². The number of para-hydroxylation sites is 1. The van der Waals surface area contributed by atoms with Gasteiger partial charge >= 0.3 is 0 Å². The van der Waals surface area contributed by atoms with Gasteiger partial charge in [-0.05, 0) is 41.7 Å². The average Bonchev–Trinajstić information content (AvgIpc) is 2.95. The number of carbonyl (C=O) groups is 3. The Morgan fingerprint density at radius 1 is 1.10 bits per heavy atom. The van der Waals surface area contributed by atoms with Gasteiger partial charge in [-0.2, -0.15) is 0 Å². The summed E-state index contributed by atoms with van der Waals surface area (Å²) in [5.74, 6) is -0.752. The molecule has 0 N–H and O–H groups in total. The zero-order valence-corrected chi connectivity index (χ0v) is 18.4. The van der Waals surface area contributed by atoms with Crippen molar-refractivity contribution in [3.63, 3.8) is 0 Å². The van der Waals surface area contributed by atoms with Crippen molar-refractivity contribution in [2.75, 3.05) is 11.4 Å². The number of amides is 3. The van der Waals surface area contributed by atoms with Gasteiger partial charge in [0.25, 0.3) is 5.91 Å². The van der Waals surface area contributed by atoms with Crippen LogP contribution >= 0.6 is 11.6 Å². The van der Waals surface area contributed by atoms with E-state index < -0.39 is 6.04 Å². The molecule has 6 heteroatoms. The van der Waals surface area contributed by atoms with Crippen LogP contribution in [0.25, 0.3) is 0 Å². The van der Waals surface area contributed by atoms with Crippen LogP contribution in [0.4, 0.5) is 5.69 Å². The molecule has 5 nitrogen and oxygen atoms in total. The predicted octanol–water partition coefficient (Wildman–Crippen LogP) is 4.48. The molecule has 2 aromatic rings. The molecule has 158 valence electrons. The highest BCUT2D eigenvalue weighted by molar-refractivity contribution is 6.30. The lowest BCUT2D eigenvalue weighted by molar-refractivity contribution is -0.139. The quantitative estimate of drug-likeness (QED) is 0.640. The summed E-state index contributed by atoms with van der Waals surface area (Å²) in [4.78, 5) is 41.8. The fraction of sp³-hybridized carbons (Fsp3) is 0.375. The van der Waals surface area contributed by atoms with Gasteiger partial charge in [0.15, 0.2) is 0 Å². The summed E-state index contributed by atoms with van der Waals surface area (Å²) in [5.41, 5.74) is 1.29. The van der Waals surface area contributed by atoms with Crippen molar-refractivity contribution in [2.24, 2.45) is 5.41 Å². The molecule has 2 aromatic carbocycles. The van der Waals surface area contributed by atoms with E-state index in [9.17, 15) is 14.4 Å². The van der Waals surface area contributed by atoms with Gasteiger partial charge in [-0.3, -0.25) is 14.4 Å². The van der Waals surface area contributed by atoms with Crippen LogP contribution in [0.1, 0.15) is 39.2 Å². The Morgan fingerprint density at radius 3 is 2.43 bits per heavy atom. The van der Waals surface area contributed by atoms with E-state index in [1.165, 1.54) is 4.90 Å². The number of carbonyl (C=O) groups excluding carboxylic acids is 3. The van der Waals surface area contributed by atoms with Crippen LogP contribution in [0, 0.1) is 5.41 Å². The molecule has 1 fully saturated rings. The number of imide groups is 1. The highest BCUT2D eigenvalue weighted by Crippen LogP contribution is 2.28. The van der Waals surface area contributed by atoms with Crippen LogP contribution in [0.15, 0.2) is 54.6 Å². The summed E-state index contributed by atoms with van der Waals surface area (Å²) in [5, 5.41) is 0.627. The second-order valence-corrected chi connectivity index (χ2v) is 9.26. The number of hydrogen-bond donors (Lipinski definition) is 0. The third kappa shape index (κ3) is 5.28. The van der Waals surface area contributed by atoms with E-state index in [1.807, 2.05) is 45.0 Å². The summed E-state index contributed by atoms with van der Waals surface area (Å²) >= 11 is 6.08. The Hall–Kier alpha value is -2.66. The SMILES string of the molecule is CC(C)(C)CC(=O)N(CCc1cccc(Cl)c1)C1CC(=O)N(c2ccccc2)C1=O. The van der Waals surface area contributed by atoms with Gasteiger partial charge in [0.2, 0.25) is 11.8 Å². The number of halogens is 1. The second-order valence-electron chi connectivity index (χ2n) is 8.83. The van der Waals surface area contributed by atoms with Gasteiger partial charge in [0, 0.05) is 18.0 Å². The van der Waals surface area contributed by atoms with Crippen LogP contribution < -0.4 is 4.90 Å². The van der Waals surface area contributed by atoms with E-state index in [2.05, 4.69) is 0 Å². The minimum absolute atomic E-state index is 0.000837. The number of nitrogens with zero attached hydrogens (tertiary/aromatic N) is 2. The average molecular weight is 427 g/mol. The number of hydrogen-bond acceptors (Lipinski definition) is 3. The third-order valence-electron chi connectivity index (χ3n) is 5.05. The molecular weight excluding hydrogens is 400 g/mol. The van der Waals surface area contributed by atoms with Crippen LogP contribution in [0.3, 0.4) is 0 Å². The first kappa shape index (κ1) is 22.0. The molecule has 30 heavy (non-hydrogen) atoms. The van der Waals surface area contributed by atoms with Gasteiger partial charge < -0.3 is 4.90 Å². The Balaban J connectivity index is 1.84. The standard InChI is InChI=1S/C24H27ClN2O3/c1-24(2,3)16-22(29)26(13-12-17-8-7-9-18(25)14-17)20-15-21(28)27(23(20)30)19-10-5-4-6-11-19/h4-11,14,20H,12-13,15-16H2,1-3H3. The molecule has 1 atom stereocenters. The topological polar surface area (TPSA) is 57.7 Å².